The van der Waals surface area contributed by atoms with Gasteiger partial charge in [0.1, 0.15) is 11.8 Å². The topological polar surface area (TPSA) is 45.0 Å². The van der Waals surface area contributed by atoms with Crippen LogP contribution in [0.2, 0.25) is 0 Å². The Labute approximate surface area is 109 Å². The number of hydrogen-bond donors (Lipinski definition) is 1. The van der Waals surface area contributed by atoms with Crippen LogP contribution in [0.5, 0.6) is 5.75 Å². The molecule has 1 N–H and O–H groups in total. The molecule has 2 rings (SSSR count). The zero-order valence-corrected chi connectivity index (χ0v) is 11.3. The molecule has 1 aliphatic rings. The molecule has 0 bridgehead atoms. The van der Waals surface area contributed by atoms with Crippen LogP contribution in [0, 0.1) is 17.2 Å². The van der Waals surface area contributed by atoms with Gasteiger partial charge in [0.15, 0.2) is 0 Å². The van der Waals surface area contributed by atoms with Crippen LogP contribution in [0.3, 0.4) is 0 Å². The first-order valence-corrected chi connectivity index (χ1v) is 6.39. The van der Waals surface area contributed by atoms with Crippen LogP contribution in [0.4, 0.5) is 0 Å². The Kier molecular flexibility index (Phi) is 3.58. The van der Waals surface area contributed by atoms with E-state index >= 15 is 0 Å². The van der Waals surface area contributed by atoms with Gasteiger partial charge < -0.3 is 10.1 Å². The molecule has 0 aromatic heterocycles. The van der Waals surface area contributed by atoms with Crippen LogP contribution in [-0.4, -0.2) is 12.6 Å². The lowest BCUT2D eigenvalue weighted by Gasteiger charge is -2.26. The highest BCUT2D eigenvalue weighted by Crippen LogP contribution is 2.39. The smallest absolute Gasteiger partial charge is 0.136 e. The van der Waals surface area contributed by atoms with Crippen molar-refractivity contribution >= 4 is 0 Å². The third kappa shape index (κ3) is 2.83. The lowest BCUT2D eigenvalue weighted by Crippen LogP contribution is -2.40. The highest BCUT2D eigenvalue weighted by Gasteiger charge is 2.37. The fraction of sp³-hybridized carbons (Fsp3) is 0.533. The van der Waals surface area contributed by atoms with Crippen molar-refractivity contribution in [2.24, 2.45) is 5.92 Å². The van der Waals surface area contributed by atoms with E-state index in [1.807, 2.05) is 18.2 Å². The van der Waals surface area contributed by atoms with Crippen LogP contribution in [0.25, 0.3) is 0 Å². The predicted molar refractivity (Wildman–Crippen MR) is 71.4 cm³/mol. The second kappa shape index (κ2) is 4.99. The van der Waals surface area contributed by atoms with Gasteiger partial charge in [0.05, 0.1) is 12.7 Å². The van der Waals surface area contributed by atoms with Gasteiger partial charge in [-0.25, -0.2) is 0 Å². The molecule has 1 aliphatic carbocycles. The quantitative estimate of drug-likeness (QED) is 0.866. The van der Waals surface area contributed by atoms with E-state index in [0.29, 0.717) is 11.3 Å². The summed E-state index contributed by atoms with van der Waals surface area (Å²) in [7, 11) is 1.60. The number of hydrogen-bond acceptors (Lipinski definition) is 3. The van der Waals surface area contributed by atoms with Crippen LogP contribution in [0.1, 0.15) is 37.8 Å². The number of methoxy groups -OCH3 is 1. The summed E-state index contributed by atoms with van der Waals surface area (Å²) in [6.45, 7) is 5.32. The number of rotatable bonds is 5. The molecule has 3 heteroatoms. The second-order valence-corrected chi connectivity index (χ2v) is 5.50. The van der Waals surface area contributed by atoms with E-state index in [0.717, 1.165) is 18.0 Å². The van der Waals surface area contributed by atoms with E-state index in [4.69, 9.17) is 10.00 Å². The minimum absolute atomic E-state index is 0.196. The lowest BCUT2D eigenvalue weighted by molar-refractivity contribution is 0.339. The van der Waals surface area contributed by atoms with Gasteiger partial charge in [0.25, 0.3) is 0 Å². The Morgan fingerprint density at radius 3 is 2.72 bits per heavy atom. The Balaban J connectivity index is 2.03. The molecule has 0 spiro atoms. The first kappa shape index (κ1) is 12.9. The van der Waals surface area contributed by atoms with Gasteiger partial charge in [-0.3, -0.25) is 0 Å². The summed E-state index contributed by atoms with van der Waals surface area (Å²) in [5.41, 5.74) is 1.93. The summed E-state index contributed by atoms with van der Waals surface area (Å²) in [6.07, 6.45) is 2.66. The van der Waals surface area contributed by atoms with Crippen molar-refractivity contribution < 1.29 is 4.74 Å². The van der Waals surface area contributed by atoms with Gasteiger partial charge in [-0.05, 0) is 50.3 Å². The Bertz CT molecular complexity index is 470. The molecule has 1 fully saturated rings. The zero-order chi connectivity index (χ0) is 13.2. The third-order valence-corrected chi connectivity index (χ3v) is 3.73. The second-order valence-electron chi connectivity index (χ2n) is 5.50. The minimum atomic E-state index is 0.196. The zero-order valence-electron chi connectivity index (χ0n) is 11.3. The molecule has 0 unspecified atom stereocenters. The summed E-state index contributed by atoms with van der Waals surface area (Å²) >= 11 is 0. The van der Waals surface area contributed by atoms with Crippen molar-refractivity contribution in [1.29, 1.82) is 5.26 Å². The SMILES string of the molecule is COc1cc(CNC(C)(C)C2CC2)ccc1C#N. The van der Waals surface area contributed by atoms with E-state index in [1.165, 1.54) is 12.8 Å². The van der Waals surface area contributed by atoms with Gasteiger partial charge in [-0.1, -0.05) is 6.07 Å². The Hall–Kier alpha value is -1.53. The van der Waals surface area contributed by atoms with Crippen LogP contribution in [0.15, 0.2) is 18.2 Å². The summed E-state index contributed by atoms with van der Waals surface area (Å²) in [4.78, 5) is 0. The lowest BCUT2D eigenvalue weighted by atomic mass is 9.98. The van der Waals surface area contributed by atoms with Crippen molar-refractivity contribution in [3.8, 4) is 11.8 Å². The van der Waals surface area contributed by atoms with E-state index in [9.17, 15) is 0 Å². The van der Waals surface area contributed by atoms with Gasteiger partial charge in [0.2, 0.25) is 0 Å². The van der Waals surface area contributed by atoms with Gasteiger partial charge in [0, 0.05) is 12.1 Å². The first-order valence-electron chi connectivity index (χ1n) is 6.39. The number of nitrogens with zero attached hydrogens (tertiary/aromatic N) is 1. The van der Waals surface area contributed by atoms with Crippen molar-refractivity contribution in [1.82, 2.24) is 5.32 Å². The molecule has 0 saturated heterocycles. The van der Waals surface area contributed by atoms with Crippen LogP contribution in [-0.2, 0) is 6.54 Å². The molecule has 0 aliphatic heterocycles. The maximum atomic E-state index is 8.94. The summed E-state index contributed by atoms with van der Waals surface area (Å²) < 4.78 is 5.22. The van der Waals surface area contributed by atoms with Crippen LogP contribution >= 0.6 is 0 Å². The number of nitriles is 1. The maximum absolute atomic E-state index is 8.94. The average Bonchev–Trinajstić information content (AvgIpc) is 3.20. The van der Waals surface area contributed by atoms with E-state index in [2.05, 4.69) is 25.2 Å². The molecule has 1 saturated carbocycles. The van der Waals surface area contributed by atoms with Crippen molar-refractivity contribution in [2.75, 3.05) is 7.11 Å². The monoisotopic (exact) mass is 244 g/mol. The largest absolute Gasteiger partial charge is 0.495 e. The van der Waals surface area contributed by atoms with Gasteiger partial charge in [-0.2, -0.15) is 5.26 Å². The summed E-state index contributed by atoms with van der Waals surface area (Å²) in [5, 5.41) is 12.5. The molecule has 1 aromatic carbocycles. The van der Waals surface area contributed by atoms with E-state index < -0.39 is 0 Å². The molecule has 1 aromatic rings. The summed E-state index contributed by atoms with van der Waals surface area (Å²) in [5.74, 6) is 1.46. The average molecular weight is 244 g/mol. The summed E-state index contributed by atoms with van der Waals surface area (Å²) in [6, 6.07) is 7.87. The normalized spacial score (nSPS) is 15.2. The number of benzene rings is 1. The maximum Gasteiger partial charge on any atom is 0.136 e. The van der Waals surface area contributed by atoms with Crippen molar-refractivity contribution in [3.05, 3.63) is 29.3 Å². The van der Waals surface area contributed by atoms with Gasteiger partial charge in [-0.15, -0.1) is 0 Å². The van der Waals surface area contributed by atoms with Crippen LogP contribution < -0.4 is 10.1 Å². The molecular formula is C15H20N2O. The molecule has 0 amide bonds. The molecule has 3 nitrogen and oxygen atoms in total. The highest BCUT2D eigenvalue weighted by atomic mass is 16.5. The standard InChI is InChI=1S/C15H20N2O/c1-15(2,13-6-7-13)17-10-11-4-5-12(9-16)14(8-11)18-3/h4-5,8,13,17H,6-7,10H2,1-3H3. The number of ether oxygens (including phenoxy) is 1. The van der Waals surface area contributed by atoms with Gasteiger partial charge >= 0.3 is 0 Å². The Morgan fingerprint density at radius 1 is 1.44 bits per heavy atom. The van der Waals surface area contributed by atoms with E-state index in [1.54, 1.807) is 7.11 Å². The third-order valence-electron chi connectivity index (χ3n) is 3.73. The van der Waals surface area contributed by atoms with E-state index in [-0.39, 0.29) is 5.54 Å². The molecule has 96 valence electrons. The molecule has 0 radical (unpaired) electrons. The fourth-order valence-electron chi connectivity index (χ4n) is 2.22. The molecule has 0 heterocycles. The highest BCUT2D eigenvalue weighted by molar-refractivity contribution is 5.45. The van der Waals surface area contributed by atoms with Crippen molar-refractivity contribution in [3.63, 3.8) is 0 Å². The molecular weight excluding hydrogens is 224 g/mol. The Morgan fingerprint density at radius 2 is 2.17 bits per heavy atom. The van der Waals surface area contributed by atoms with Crippen molar-refractivity contribution in [2.45, 2.75) is 38.8 Å². The minimum Gasteiger partial charge on any atom is -0.495 e. The molecule has 18 heavy (non-hydrogen) atoms. The molecule has 0 atom stereocenters. The number of nitrogens with one attached hydrogen (secondary N) is 1. The predicted octanol–water partition coefficient (Wildman–Crippen LogP) is 2.85. The first-order chi connectivity index (χ1) is 8.56. The fourth-order valence-corrected chi connectivity index (χ4v) is 2.22.